The van der Waals surface area contributed by atoms with Crippen LogP contribution in [-0.2, 0) is 37.8 Å². The number of thioether (sulfide) groups is 3. The van der Waals surface area contributed by atoms with Crippen LogP contribution < -0.4 is 0 Å². The standard InChI is InChI=1S/C12H25.3C7H14O3S.Sn/c1-3-5-7-9-11-12-10-8-6-4-2;3*1-10-4-2-3-5-11-6-7(8)9;/h1,3-12H2,2H3;3*2-6H2,1H3,(H,8,9);/q;;;;+3/p-3. The van der Waals surface area contributed by atoms with Gasteiger partial charge < -0.3 is 0 Å². The Morgan fingerprint density at radius 1 is 0.457 bits per heavy atom. The molecule has 0 rings (SSSR count). The van der Waals surface area contributed by atoms with Gasteiger partial charge in [0.1, 0.15) is 0 Å². The van der Waals surface area contributed by atoms with E-state index in [4.69, 9.17) is 23.4 Å². The van der Waals surface area contributed by atoms with Crippen LogP contribution in [0.5, 0.6) is 0 Å². The Morgan fingerprint density at radius 3 is 1.11 bits per heavy atom. The van der Waals surface area contributed by atoms with Gasteiger partial charge >= 0.3 is 300 Å². The van der Waals surface area contributed by atoms with E-state index < -0.39 is 37.5 Å². The molecule has 0 bridgehead atoms. The zero-order chi connectivity index (χ0) is 34.0. The molecule has 0 aromatic heterocycles. The van der Waals surface area contributed by atoms with Crippen LogP contribution in [0.4, 0.5) is 0 Å². The van der Waals surface area contributed by atoms with E-state index in [2.05, 4.69) is 6.92 Å². The van der Waals surface area contributed by atoms with Crippen LogP contribution in [0, 0.1) is 0 Å². The monoisotopic (exact) mass is 820 g/mol. The second kappa shape index (κ2) is 35.0. The Kier molecular flexibility index (Phi) is 35.1. The molecule has 0 amide bonds. The fraction of sp³-hybridized carbons (Fsp3) is 0.909. The summed E-state index contributed by atoms with van der Waals surface area (Å²) in [7, 11) is 5.02. The van der Waals surface area contributed by atoms with E-state index in [1.54, 1.807) is 21.3 Å². The van der Waals surface area contributed by atoms with Crippen LogP contribution in [0.25, 0.3) is 0 Å². The van der Waals surface area contributed by atoms with Gasteiger partial charge in [-0.25, -0.2) is 0 Å². The Bertz CT molecular complexity index is 660. The van der Waals surface area contributed by atoms with Crippen molar-refractivity contribution in [1.29, 1.82) is 0 Å². The molecule has 46 heavy (non-hydrogen) atoms. The van der Waals surface area contributed by atoms with Crippen molar-refractivity contribution >= 4 is 72.8 Å². The van der Waals surface area contributed by atoms with Crippen molar-refractivity contribution in [2.45, 2.75) is 114 Å². The Morgan fingerprint density at radius 2 is 0.783 bits per heavy atom. The number of ether oxygens (including phenoxy) is 3. The van der Waals surface area contributed by atoms with E-state index in [0.29, 0.717) is 30.7 Å². The summed E-state index contributed by atoms with van der Waals surface area (Å²) in [6.07, 6.45) is 16.9. The predicted molar refractivity (Wildman–Crippen MR) is 196 cm³/mol. The van der Waals surface area contributed by atoms with Gasteiger partial charge in [0, 0.05) is 0 Å². The molecule has 0 heterocycles. The molecule has 0 saturated heterocycles. The second-order valence-electron chi connectivity index (χ2n) is 11.3. The summed E-state index contributed by atoms with van der Waals surface area (Å²) in [6, 6.07) is 0. The molecule has 0 radical (unpaired) electrons. The van der Waals surface area contributed by atoms with Crippen molar-refractivity contribution in [2.24, 2.45) is 0 Å². The molecule has 0 spiro atoms. The molecule has 0 aliphatic rings. The number of hydrogen-bond donors (Lipinski definition) is 0. The summed E-state index contributed by atoms with van der Waals surface area (Å²) >= 11 is -0.519. The Labute approximate surface area is 298 Å². The molecule has 0 aromatic carbocycles. The summed E-state index contributed by atoms with van der Waals surface area (Å²) in [5.41, 5.74) is 0. The van der Waals surface area contributed by atoms with E-state index >= 15 is 0 Å². The Balaban J connectivity index is 5.35. The molecular formula is C33H64O9S3Sn. The third-order valence-corrected chi connectivity index (χ3v) is 17.4. The van der Waals surface area contributed by atoms with E-state index in [1.165, 1.54) is 73.8 Å². The van der Waals surface area contributed by atoms with Crippen LogP contribution in [0.3, 0.4) is 0 Å². The SMILES string of the molecule is CCCCCCCCCCC[CH2][Sn]([O]C(=O)CSCCCCOC)([O]C(=O)CSCCCCOC)[O]C(=O)CSCCCCOC. The van der Waals surface area contributed by atoms with Crippen LogP contribution in [0.2, 0.25) is 4.44 Å². The van der Waals surface area contributed by atoms with Gasteiger partial charge in [0.15, 0.2) is 0 Å². The first-order valence-corrected chi connectivity index (χ1v) is 26.3. The van der Waals surface area contributed by atoms with Crippen molar-refractivity contribution < 1.29 is 37.8 Å². The molecule has 0 aliphatic carbocycles. The molecule has 0 unspecified atom stereocenters. The average Bonchev–Trinajstić information content (AvgIpc) is 3.03. The maximum absolute atomic E-state index is 13.1. The van der Waals surface area contributed by atoms with Gasteiger partial charge in [-0.15, -0.1) is 0 Å². The number of unbranched alkanes of at least 4 members (excludes halogenated alkanes) is 12. The summed E-state index contributed by atoms with van der Waals surface area (Å²) in [6.45, 7) is 4.28. The van der Waals surface area contributed by atoms with Crippen molar-refractivity contribution in [3.05, 3.63) is 0 Å². The van der Waals surface area contributed by atoms with Gasteiger partial charge in [-0.05, 0) is 0 Å². The van der Waals surface area contributed by atoms with E-state index in [0.717, 1.165) is 75.0 Å². The second-order valence-corrected chi connectivity index (χ2v) is 21.7. The molecule has 0 aliphatic heterocycles. The summed E-state index contributed by atoms with van der Waals surface area (Å²) < 4.78 is 33.6. The summed E-state index contributed by atoms with van der Waals surface area (Å²) in [5, 5.41) is 0. The fourth-order valence-corrected chi connectivity index (χ4v) is 14.5. The molecule has 13 heteroatoms. The minimum absolute atomic E-state index is 0.126. The van der Waals surface area contributed by atoms with Crippen LogP contribution in [0.1, 0.15) is 110 Å². The van der Waals surface area contributed by atoms with E-state index in [9.17, 15) is 14.4 Å². The molecule has 0 N–H and O–H groups in total. The molecule has 9 nitrogen and oxygen atoms in total. The van der Waals surface area contributed by atoms with Crippen molar-refractivity contribution in [3.63, 3.8) is 0 Å². The number of methoxy groups -OCH3 is 3. The third-order valence-electron chi connectivity index (χ3n) is 6.97. The third kappa shape index (κ3) is 30.2. The first kappa shape index (κ1) is 46.1. The molecule has 272 valence electrons. The maximum atomic E-state index is 13.1. The Hall–Kier alpha value is 0.139. The first-order valence-electron chi connectivity index (χ1n) is 17.3. The van der Waals surface area contributed by atoms with Gasteiger partial charge in [0.25, 0.3) is 0 Å². The average molecular weight is 820 g/mol. The van der Waals surface area contributed by atoms with Gasteiger partial charge in [-0.1, -0.05) is 0 Å². The predicted octanol–water partition coefficient (Wildman–Crippen LogP) is 7.96. The number of hydrogen-bond acceptors (Lipinski definition) is 12. The van der Waals surface area contributed by atoms with Gasteiger partial charge in [0.05, 0.1) is 0 Å². The number of carbonyl (C=O) groups is 3. The zero-order valence-electron chi connectivity index (χ0n) is 29.3. The normalized spacial score (nSPS) is 11.5. The van der Waals surface area contributed by atoms with Gasteiger partial charge in [0.2, 0.25) is 0 Å². The minimum atomic E-state index is -4.94. The molecular weight excluding hydrogens is 755 g/mol. The van der Waals surface area contributed by atoms with Gasteiger partial charge in [-0.3, -0.25) is 0 Å². The molecule has 0 fully saturated rings. The molecule has 0 aromatic rings. The molecule has 0 saturated carbocycles. The van der Waals surface area contributed by atoms with Crippen LogP contribution >= 0.6 is 35.3 Å². The van der Waals surface area contributed by atoms with Gasteiger partial charge in [-0.2, -0.15) is 0 Å². The summed E-state index contributed by atoms with van der Waals surface area (Å²) in [4.78, 5) is 39.2. The topological polar surface area (TPSA) is 107 Å². The van der Waals surface area contributed by atoms with E-state index in [-0.39, 0.29) is 17.3 Å². The van der Waals surface area contributed by atoms with Crippen LogP contribution in [0.15, 0.2) is 0 Å². The van der Waals surface area contributed by atoms with Crippen molar-refractivity contribution in [2.75, 3.05) is 75.7 Å². The summed E-state index contributed by atoms with van der Waals surface area (Å²) in [5.74, 6) is 1.33. The zero-order valence-corrected chi connectivity index (χ0v) is 34.6. The van der Waals surface area contributed by atoms with Crippen molar-refractivity contribution in [1.82, 2.24) is 0 Å². The molecule has 0 atom stereocenters. The fourth-order valence-electron chi connectivity index (χ4n) is 4.47. The number of rotatable bonds is 35. The number of carbonyl (C=O) groups excluding carboxylic acids is 3. The van der Waals surface area contributed by atoms with Crippen LogP contribution in [-0.4, -0.2) is 113 Å². The first-order chi connectivity index (χ1) is 22.4. The quantitative estimate of drug-likeness (QED) is 0.0458. The van der Waals surface area contributed by atoms with Crippen molar-refractivity contribution in [3.8, 4) is 0 Å². The van der Waals surface area contributed by atoms with E-state index in [1.807, 2.05) is 0 Å².